The third-order valence-electron chi connectivity index (χ3n) is 3.77. The van der Waals surface area contributed by atoms with E-state index in [0.29, 0.717) is 36.1 Å². The number of amides is 1. The van der Waals surface area contributed by atoms with Crippen LogP contribution in [0.5, 0.6) is 11.5 Å². The predicted molar refractivity (Wildman–Crippen MR) is 100 cm³/mol. The zero-order valence-electron chi connectivity index (χ0n) is 15.2. The molecule has 0 aliphatic carbocycles. The van der Waals surface area contributed by atoms with E-state index in [1.165, 1.54) is 5.56 Å². The minimum atomic E-state index is -0.0956. The molecule has 1 amide bonds. The number of nitrogens with one attached hydrogen (secondary N) is 1. The fraction of sp³-hybridized carbons (Fsp3) is 0.381. The summed E-state index contributed by atoms with van der Waals surface area (Å²) in [6.45, 7) is 5.43. The van der Waals surface area contributed by atoms with Crippen LogP contribution in [0.2, 0.25) is 0 Å². The summed E-state index contributed by atoms with van der Waals surface area (Å²) >= 11 is 0. The van der Waals surface area contributed by atoms with Gasteiger partial charge in [0.2, 0.25) is 0 Å². The maximum absolute atomic E-state index is 12.3. The highest BCUT2D eigenvalue weighted by Crippen LogP contribution is 2.28. The van der Waals surface area contributed by atoms with Crippen molar-refractivity contribution in [3.63, 3.8) is 0 Å². The van der Waals surface area contributed by atoms with Gasteiger partial charge in [0, 0.05) is 12.1 Å². The minimum Gasteiger partial charge on any atom is -0.493 e. The van der Waals surface area contributed by atoms with Gasteiger partial charge in [-0.2, -0.15) is 0 Å². The number of methoxy groups -OCH3 is 1. The summed E-state index contributed by atoms with van der Waals surface area (Å²) in [5.74, 6) is 1.58. The summed E-state index contributed by atoms with van der Waals surface area (Å²) in [4.78, 5) is 12.3. The van der Waals surface area contributed by atoms with E-state index < -0.39 is 0 Å². The molecule has 1 N–H and O–H groups in total. The largest absolute Gasteiger partial charge is 0.493 e. The number of ether oxygens (including phenoxy) is 2. The zero-order valence-corrected chi connectivity index (χ0v) is 15.2. The number of hydrogen-bond donors (Lipinski definition) is 1. The first kappa shape index (κ1) is 18.8. The van der Waals surface area contributed by atoms with E-state index in [4.69, 9.17) is 9.47 Å². The third-order valence-corrected chi connectivity index (χ3v) is 3.77. The van der Waals surface area contributed by atoms with Crippen LogP contribution in [0.4, 0.5) is 0 Å². The molecule has 134 valence electrons. The number of hydrogen-bond acceptors (Lipinski definition) is 3. The van der Waals surface area contributed by atoms with Gasteiger partial charge in [-0.25, -0.2) is 0 Å². The molecular weight excluding hydrogens is 314 g/mol. The average Bonchev–Trinajstić information content (AvgIpc) is 2.64. The Morgan fingerprint density at radius 2 is 1.84 bits per heavy atom. The lowest BCUT2D eigenvalue weighted by Gasteiger charge is -2.13. The van der Waals surface area contributed by atoms with Crippen molar-refractivity contribution >= 4 is 5.91 Å². The lowest BCUT2D eigenvalue weighted by atomic mass is 10.1. The van der Waals surface area contributed by atoms with Gasteiger partial charge < -0.3 is 14.8 Å². The Labute approximate surface area is 150 Å². The molecule has 0 spiro atoms. The van der Waals surface area contributed by atoms with Crippen molar-refractivity contribution in [3.8, 4) is 11.5 Å². The standard InChI is InChI=1S/C21H27NO3/c1-16(2)15-25-19-12-11-18(14-20(19)24-3)21(23)22-13-7-10-17-8-5-4-6-9-17/h4-6,8-9,11-12,14,16H,7,10,13,15H2,1-3H3,(H,22,23). The fourth-order valence-electron chi connectivity index (χ4n) is 2.43. The molecule has 2 aromatic rings. The van der Waals surface area contributed by atoms with Crippen molar-refractivity contribution in [1.82, 2.24) is 5.32 Å². The molecule has 0 fully saturated rings. The Hall–Kier alpha value is -2.49. The summed E-state index contributed by atoms with van der Waals surface area (Å²) in [5, 5.41) is 2.95. The van der Waals surface area contributed by atoms with Crippen LogP contribution in [0.25, 0.3) is 0 Å². The van der Waals surface area contributed by atoms with Gasteiger partial charge >= 0.3 is 0 Å². The molecule has 0 unspecified atom stereocenters. The lowest BCUT2D eigenvalue weighted by Crippen LogP contribution is -2.24. The first-order chi connectivity index (χ1) is 12.1. The smallest absolute Gasteiger partial charge is 0.251 e. The monoisotopic (exact) mass is 341 g/mol. The maximum Gasteiger partial charge on any atom is 0.251 e. The third kappa shape index (κ3) is 6.14. The Morgan fingerprint density at radius 1 is 1.08 bits per heavy atom. The van der Waals surface area contributed by atoms with Crippen LogP contribution in [-0.4, -0.2) is 26.2 Å². The van der Waals surface area contributed by atoms with E-state index in [2.05, 4.69) is 31.3 Å². The van der Waals surface area contributed by atoms with Gasteiger partial charge in [0.15, 0.2) is 11.5 Å². The fourth-order valence-corrected chi connectivity index (χ4v) is 2.43. The van der Waals surface area contributed by atoms with Gasteiger partial charge in [0.1, 0.15) is 0 Å². The molecule has 0 heterocycles. The highest BCUT2D eigenvalue weighted by atomic mass is 16.5. The molecule has 0 saturated heterocycles. The normalized spacial score (nSPS) is 10.6. The molecule has 25 heavy (non-hydrogen) atoms. The Balaban J connectivity index is 1.86. The van der Waals surface area contributed by atoms with Crippen LogP contribution >= 0.6 is 0 Å². The number of rotatable bonds is 9. The van der Waals surface area contributed by atoms with Crippen molar-refractivity contribution in [2.24, 2.45) is 5.92 Å². The molecule has 4 heteroatoms. The highest BCUT2D eigenvalue weighted by molar-refractivity contribution is 5.94. The van der Waals surface area contributed by atoms with E-state index in [1.807, 2.05) is 18.2 Å². The van der Waals surface area contributed by atoms with Crippen LogP contribution in [0.3, 0.4) is 0 Å². The van der Waals surface area contributed by atoms with Gasteiger partial charge in [0.25, 0.3) is 5.91 Å². The molecule has 0 aromatic heterocycles. The molecule has 2 rings (SSSR count). The quantitative estimate of drug-likeness (QED) is 0.699. The number of aryl methyl sites for hydroxylation is 1. The van der Waals surface area contributed by atoms with Crippen molar-refractivity contribution < 1.29 is 14.3 Å². The van der Waals surface area contributed by atoms with E-state index in [9.17, 15) is 4.79 Å². The van der Waals surface area contributed by atoms with Gasteiger partial charge in [-0.05, 0) is 42.5 Å². The number of benzene rings is 2. The molecule has 2 aromatic carbocycles. The van der Waals surface area contributed by atoms with Crippen LogP contribution < -0.4 is 14.8 Å². The molecule has 0 bridgehead atoms. The first-order valence-corrected chi connectivity index (χ1v) is 8.73. The molecule has 4 nitrogen and oxygen atoms in total. The van der Waals surface area contributed by atoms with Gasteiger partial charge in [-0.3, -0.25) is 4.79 Å². The maximum atomic E-state index is 12.3. The summed E-state index contributed by atoms with van der Waals surface area (Å²) in [7, 11) is 1.58. The van der Waals surface area contributed by atoms with E-state index in [0.717, 1.165) is 12.8 Å². The molecule has 0 aliphatic heterocycles. The van der Waals surface area contributed by atoms with Crippen LogP contribution in [-0.2, 0) is 6.42 Å². The van der Waals surface area contributed by atoms with Gasteiger partial charge in [-0.15, -0.1) is 0 Å². The summed E-state index contributed by atoms with van der Waals surface area (Å²) in [6, 6.07) is 15.6. The first-order valence-electron chi connectivity index (χ1n) is 8.73. The lowest BCUT2D eigenvalue weighted by molar-refractivity contribution is 0.0952. The van der Waals surface area contributed by atoms with Crippen LogP contribution in [0.1, 0.15) is 36.2 Å². The molecule has 0 aliphatic rings. The van der Waals surface area contributed by atoms with Crippen molar-refractivity contribution in [2.45, 2.75) is 26.7 Å². The van der Waals surface area contributed by atoms with Crippen molar-refractivity contribution in [3.05, 3.63) is 59.7 Å². The zero-order chi connectivity index (χ0) is 18.1. The highest BCUT2D eigenvalue weighted by Gasteiger charge is 2.11. The summed E-state index contributed by atoms with van der Waals surface area (Å²) in [6.07, 6.45) is 1.86. The molecule has 0 atom stereocenters. The second-order valence-electron chi connectivity index (χ2n) is 6.42. The molecule has 0 radical (unpaired) electrons. The van der Waals surface area contributed by atoms with Crippen LogP contribution in [0, 0.1) is 5.92 Å². The second kappa shape index (κ2) is 9.72. The summed E-state index contributed by atoms with van der Waals surface area (Å²) in [5.41, 5.74) is 1.86. The molecular formula is C21H27NO3. The topological polar surface area (TPSA) is 47.6 Å². The average molecular weight is 341 g/mol. The SMILES string of the molecule is COc1cc(C(=O)NCCCc2ccccc2)ccc1OCC(C)C. The number of carbonyl (C=O) groups excluding carboxylic acids is 1. The minimum absolute atomic E-state index is 0.0956. The predicted octanol–water partition coefficient (Wildman–Crippen LogP) is 4.09. The van der Waals surface area contributed by atoms with Gasteiger partial charge in [0.05, 0.1) is 13.7 Å². The van der Waals surface area contributed by atoms with E-state index in [1.54, 1.807) is 25.3 Å². The Kier molecular flexibility index (Phi) is 7.33. The van der Waals surface area contributed by atoms with Gasteiger partial charge in [-0.1, -0.05) is 44.2 Å². The van der Waals surface area contributed by atoms with Crippen molar-refractivity contribution in [2.75, 3.05) is 20.3 Å². The van der Waals surface area contributed by atoms with E-state index in [-0.39, 0.29) is 5.91 Å². The van der Waals surface area contributed by atoms with Crippen molar-refractivity contribution in [1.29, 1.82) is 0 Å². The number of carbonyl (C=O) groups is 1. The molecule has 0 saturated carbocycles. The van der Waals surface area contributed by atoms with Crippen LogP contribution in [0.15, 0.2) is 48.5 Å². The Morgan fingerprint density at radius 3 is 2.52 bits per heavy atom. The second-order valence-corrected chi connectivity index (χ2v) is 6.42. The van der Waals surface area contributed by atoms with E-state index >= 15 is 0 Å². The Bertz CT molecular complexity index is 668. The summed E-state index contributed by atoms with van der Waals surface area (Å²) < 4.78 is 11.1.